The normalized spacial score (nSPS) is 11.1. The van der Waals surface area contributed by atoms with Crippen LogP contribution in [0.2, 0.25) is 5.02 Å². The van der Waals surface area contributed by atoms with Crippen molar-refractivity contribution in [2.75, 3.05) is 0 Å². The van der Waals surface area contributed by atoms with Crippen molar-refractivity contribution in [3.63, 3.8) is 0 Å². The van der Waals surface area contributed by atoms with Gasteiger partial charge in [-0.3, -0.25) is 9.20 Å². The smallest absolute Gasteiger partial charge is 0.258 e. The van der Waals surface area contributed by atoms with E-state index in [2.05, 4.69) is 20.9 Å². The highest BCUT2D eigenvalue weighted by atomic mass is 79.9. The van der Waals surface area contributed by atoms with Gasteiger partial charge in [-0.2, -0.15) is 11.8 Å². The van der Waals surface area contributed by atoms with Crippen LogP contribution in [0.15, 0.2) is 51.9 Å². The molecule has 1 aromatic carbocycles. The third-order valence-corrected chi connectivity index (χ3v) is 5.04. The molecule has 0 saturated carbocycles. The molecule has 0 atom stereocenters. The van der Waals surface area contributed by atoms with Crippen LogP contribution in [0.5, 0.6) is 0 Å². The number of thioether (sulfide) groups is 1. The van der Waals surface area contributed by atoms with Crippen LogP contribution in [0.25, 0.3) is 5.65 Å². The number of fused-ring (bicyclic) bond motifs is 1. The minimum Gasteiger partial charge on any atom is -0.269 e. The Labute approximate surface area is 149 Å². The van der Waals surface area contributed by atoms with Crippen molar-refractivity contribution in [2.45, 2.75) is 11.5 Å². The van der Waals surface area contributed by atoms with Gasteiger partial charge in [-0.1, -0.05) is 17.7 Å². The molecule has 0 bridgehead atoms. The summed E-state index contributed by atoms with van der Waals surface area (Å²) in [6, 6.07) is 9.52. The van der Waals surface area contributed by atoms with Crippen molar-refractivity contribution >= 4 is 44.9 Å². The van der Waals surface area contributed by atoms with Crippen LogP contribution in [0.4, 0.5) is 4.39 Å². The molecule has 0 saturated heterocycles. The van der Waals surface area contributed by atoms with Crippen LogP contribution in [-0.2, 0) is 11.5 Å². The molecule has 118 valence electrons. The van der Waals surface area contributed by atoms with Gasteiger partial charge < -0.3 is 0 Å². The van der Waals surface area contributed by atoms with Crippen molar-refractivity contribution in [3.05, 3.63) is 79.5 Å². The zero-order valence-electron chi connectivity index (χ0n) is 11.8. The zero-order chi connectivity index (χ0) is 16.4. The Hall–Kier alpha value is -1.37. The monoisotopic (exact) mass is 412 g/mol. The van der Waals surface area contributed by atoms with E-state index >= 15 is 0 Å². The average molecular weight is 414 g/mol. The summed E-state index contributed by atoms with van der Waals surface area (Å²) in [5, 5.41) is 0.411. The maximum absolute atomic E-state index is 13.0. The first-order chi connectivity index (χ1) is 11.0. The fourth-order valence-electron chi connectivity index (χ4n) is 2.10. The summed E-state index contributed by atoms with van der Waals surface area (Å²) in [6.45, 7) is 0. The predicted molar refractivity (Wildman–Crippen MR) is 95.6 cm³/mol. The second-order valence-electron chi connectivity index (χ2n) is 4.89. The van der Waals surface area contributed by atoms with E-state index in [9.17, 15) is 9.18 Å². The summed E-state index contributed by atoms with van der Waals surface area (Å²) in [5.74, 6) is 0.856. The highest BCUT2D eigenvalue weighted by molar-refractivity contribution is 9.10. The Kier molecular flexibility index (Phi) is 5.04. The summed E-state index contributed by atoms with van der Waals surface area (Å²) < 4.78 is 15.3. The lowest BCUT2D eigenvalue weighted by Crippen LogP contribution is -2.15. The van der Waals surface area contributed by atoms with Gasteiger partial charge in [-0.25, -0.2) is 9.37 Å². The molecule has 3 rings (SSSR count). The fraction of sp³-hybridized carbons (Fsp3) is 0.125. The van der Waals surface area contributed by atoms with E-state index in [1.807, 2.05) is 6.07 Å². The quantitative estimate of drug-likeness (QED) is 0.623. The minimum atomic E-state index is -0.348. The van der Waals surface area contributed by atoms with Crippen molar-refractivity contribution in [1.82, 2.24) is 9.38 Å². The highest BCUT2D eigenvalue weighted by Crippen LogP contribution is 2.24. The second kappa shape index (κ2) is 7.03. The number of hydrogen-bond donors (Lipinski definition) is 0. The van der Waals surface area contributed by atoms with Crippen LogP contribution in [0.3, 0.4) is 0 Å². The molecule has 7 heteroatoms. The van der Waals surface area contributed by atoms with E-state index in [-0.39, 0.29) is 11.4 Å². The van der Waals surface area contributed by atoms with Gasteiger partial charge in [-0.15, -0.1) is 0 Å². The Morgan fingerprint density at radius 3 is 2.83 bits per heavy atom. The molecule has 0 spiro atoms. The third-order valence-electron chi connectivity index (χ3n) is 3.20. The van der Waals surface area contributed by atoms with Crippen molar-refractivity contribution < 1.29 is 4.39 Å². The maximum atomic E-state index is 13.0. The van der Waals surface area contributed by atoms with Gasteiger partial charge in [0.25, 0.3) is 5.56 Å². The van der Waals surface area contributed by atoms with E-state index in [0.29, 0.717) is 27.9 Å². The summed E-state index contributed by atoms with van der Waals surface area (Å²) in [4.78, 5) is 16.6. The summed E-state index contributed by atoms with van der Waals surface area (Å²) >= 11 is 10.9. The number of benzene rings is 1. The maximum Gasteiger partial charge on any atom is 0.258 e. The first-order valence-electron chi connectivity index (χ1n) is 6.72. The van der Waals surface area contributed by atoms with Crippen molar-refractivity contribution in [1.29, 1.82) is 0 Å². The molecule has 0 N–H and O–H groups in total. The summed E-state index contributed by atoms with van der Waals surface area (Å²) in [5.41, 5.74) is 2.06. The molecule has 0 amide bonds. The van der Waals surface area contributed by atoms with Crippen LogP contribution < -0.4 is 5.56 Å². The van der Waals surface area contributed by atoms with Crippen LogP contribution in [-0.4, -0.2) is 9.38 Å². The molecule has 2 aromatic heterocycles. The number of rotatable bonds is 4. The lowest BCUT2D eigenvalue weighted by molar-refractivity contribution is 0.627. The highest BCUT2D eigenvalue weighted by Gasteiger charge is 2.06. The zero-order valence-corrected chi connectivity index (χ0v) is 15.0. The van der Waals surface area contributed by atoms with E-state index < -0.39 is 0 Å². The molecular formula is C16H11BrClFN2OS. The first-order valence-corrected chi connectivity index (χ1v) is 9.05. The van der Waals surface area contributed by atoms with Gasteiger partial charge in [0.2, 0.25) is 0 Å². The molecule has 0 aliphatic heterocycles. The molecule has 0 radical (unpaired) electrons. The van der Waals surface area contributed by atoms with Crippen LogP contribution in [0.1, 0.15) is 11.3 Å². The molecule has 0 aliphatic rings. The van der Waals surface area contributed by atoms with Gasteiger partial charge in [0.1, 0.15) is 11.5 Å². The van der Waals surface area contributed by atoms with Gasteiger partial charge >= 0.3 is 0 Å². The minimum absolute atomic E-state index is 0.119. The van der Waals surface area contributed by atoms with Crippen LogP contribution in [0, 0.1) is 5.82 Å². The Morgan fingerprint density at radius 1 is 1.22 bits per heavy atom. The van der Waals surface area contributed by atoms with E-state index in [1.165, 1.54) is 22.6 Å². The molecule has 3 nitrogen and oxygen atoms in total. The Bertz CT molecular complexity index is 932. The largest absolute Gasteiger partial charge is 0.269 e. The first kappa shape index (κ1) is 16.5. The van der Waals surface area contributed by atoms with Gasteiger partial charge in [0.15, 0.2) is 0 Å². The third kappa shape index (κ3) is 3.94. The van der Waals surface area contributed by atoms with Gasteiger partial charge in [0, 0.05) is 33.3 Å². The fourth-order valence-corrected chi connectivity index (χ4v) is 3.69. The SMILES string of the molecule is O=c1cc(CSCc2ccc(F)cc2Cl)nc2ccc(Br)cn12. The molecule has 3 aromatic rings. The Balaban J connectivity index is 1.74. The van der Waals surface area contributed by atoms with E-state index in [1.54, 1.807) is 30.1 Å². The van der Waals surface area contributed by atoms with Crippen molar-refractivity contribution in [3.8, 4) is 0 Å². The lowest BCUT2D eigenvalue weighted by atomic mass is 10.2. The topological polar surface area (TPSA) is 34.4 Å². The predicted octanol–water partition coefficient (Wildman–Crippen LogP) is 4.68. The van der Waals surface area contributed by atoms with Crippen LogP contribution >= 0.6 is 39.3 Å². The second-order valence-corrected chi connectivity index (χ2v) is 7.20. The van der Waals surface area contributed by atoms with Gasteiger partial charge in [0.05, 0.1) is 5.69 Å². The number of aromatic nitrogens is 2. The molecule has 0 aliphatic carbocycles. The number of nitrogens with zero attached hydrogens (tertiary/aromatic N) is 2. The lowest BCUT2D eigenvalue weighted by Gasteiger charge is -2.06. The molecular weight excluding hydrogens is 403 g/mol. The summed E-state index contributed by atoms with van der Waals surface area (Å²) in [7, 11) is 0. The average Bonchev–Trinajstić information content (AvgIpc) is 2.50. The molecule has 0 fully saturated rings. The van der Waals surface area contributed by atoms with E-state index in [0.717, 1.165) is 10.0 Å². The van der Waals surface area contributed by atoms with E-state index in [4.69, 9.17) is 11.6 Å². The number of halogens is 3. The standard InChI is InChI=1S/C16H11BrClFN2OS/c17-11-2-4-15-20-13(6-16(22)21(15)7-11)9-23-8-10-1-3-12(19)5-14(10)18/h1-7H,8-9H2. The number of pyridine rings is 1. The number of hydrogen-bond acceptors (Lipinski definition) is 3. The Morgan fingerprint density at radius 2 is 2.04 bits per heavy atom. The molecule has 0 unspecified atom stereocenters. The molecule has 2 heterocycles. The molecule has 23 heavy (non-hydrogen) atoms. The van der Waals surface area contributed by atoms with Crippen molar-refractivity contribution in [2.24, 2.45) is 0 Å². The summed E-state index contributed by atoms with van der Waals surface area (Å²) in [6.07, 6.45) is 1.69. The van der Waals surface area contributed by atoms with Gasteiger partial charge in [-0.05, 0) is 45.8 Å².